The number of rotatable bonds is 5. The summed E-state index contributed by atoms with van der Waals surface area (Å²) in [6.45, 7) is 3.85. The van der Waals surface area contributed by atoms with E-state index in [-0.39, 0.29) is 6.61 Å². The first-order valence-electron chi connectivity index (χ1n) is 5.84. The van der Waals surface area contributed by atoms with E-state index in [1.54, 1.807) is 0 Å². The predicted octanol–water partition coefficient (Wildman–Crippen LogP) is 1.95. The largest absolute Gasteiger partial charge is 0.441 e. The highest BCUT2D eigenvalue weighted by molar-refractivity contribution is 5.73. The monoisotopic (exact) mass is 234 g/mol. The average molecular weight is 234 g/mol. The second-order valence-corrected chi connectivity index (χ2v) is 4.35. The molecule has 2 aromatic rings. The summed E-state index contributed by atoms with van der Waals surface area (Å²) in [6.07, 6.45) is 0.807. The van der Waals surface area contributed by atoms with Gasteiger partial charge in [-0.1, -0.05) is 6.07 Å². The highest BCUT2D eigenvalue weighted by Crippen LogP contribution is 2.17. The molecule has 1 aromatic carbocycles. The van der Waals surface area contributed by atoms with E-state index in [1.165, 1.54) is 5.56 Å². The second kappa shape index (κ2) is 5.29. The van der Waals surface area contributed by atoms with Crippen molar-refractivity contribution in [3.8, 4) is 0 Å². The summed E-state index contributed by atoms with van der Waals surface area (Å²) in [5.41, 5.74) is 2.96. The number of aliphatic hydroxyl groups excluding tert-OH is 1. The first kappa shape index (κ1) is 12.1. The van der Waals surface area contributed by atoms with Crippen LogP contribution in [0.25, 0.3) is 11.1 Å². The maximum atomic E-state index is 8.78. The van der Waals surface area contributed by atoms with Crippen LogP contribution in [0.2, 0.25) is 0 Å². The molecule has 0 fully saturated rings. The molecule has 0 aliphatic carbocycles. The molecule has 0 spiro atoms. The van der Waals surface area contributed by atoms with E-state index in [0.717, 1.165) is 30.6 Å². The van der Waals surface area contributed by atoms with Gasteiger partial charge in [0.2, 0.25) is 0 Å². The number of benzene rings is 1. The summed E-state index contributed by atoms with van der Waals surface area (Å²) < 4.78 is 5.43. The van der Waals surface area contributed by atoms with Gasteiger partial charge in [-0.25, -0.2) is 4.98 Å². The standard InChI is InChI=1S/C13H18N2O2/c1-10-14-12-8-11(4-5-13(12)17-10)9-15(2)6-3-7-16/h4-5,8,16H,3,6-7,9H2,1-2H3. The average Bonchev–Trinajstić information content (AvgIpc) is 2.65. The molecule has 1 N–H and O–H groups in total. The minimum atomic E-state index is 0.242. The van der Waals surface area contributed by atoms with Crippen LogP contribution in [0, 0.1) is 6.92 Å². The van der Waals surface area contributed by atoms with Gasteiger partial charge in [0.25, 0.3) is 0 Å². The predicted molar refractivity (Wildman–Crippen MR) is 66.8 cm³/mol. The fraction of sp³-hybridized carbons (Fsp3) is 0.462. The van der Waals surface area contributed by atoms with Crippen molar-refractivity contribution in [2.24, 2.45) is 0 Å². The molecule has 17 heavy (non-hydrogen) atoms. The molecule has 2 rings (SSSR count). The van der Waals surface area contributed by atoms with E-state index in [1.807, 2.05) is 20.0 Å². The molecule has 0 aliphatic rings. The zero-order valence-corrected chi connectivity index (χ0v) is 10.3. The van der Waals surface area contributed by atoms with Gasteiger partial charge < -0.3 is 14.4 Å². The van der Waals surface area contributed by atoms with Crippen LogP contribution < -0.4 is 0 Å². The summed E-state index contributed by atoms with van der Waals surface area (Å²) in [7, 11) is 2.05. The van der Waals surface area contributed by atoms with E-state index >= 15 is 0 Å². The first-order chi connectivity index (χ1) is 8.19. The molecule has 0 unspecified atom stereocenters. The van der Waals surface area contributed by atoms with Crippen molar-refractivity contribution in [3.05, 3.63) is 29.7 Å². The van der Waals surface area contributed by atoms with Gasteiger partial charge in [-0.3, -0.25) is 0 Å². The fourth-order valence-electron chi connectivity index (χ4n) is 1.92. The van der Waals surface area contributed by atoms with E-state index in [0.29, 0.717) is 5.89 Å². The maximum Gasteiger partial charge on any atom is 0.192 e. The lowest BCUT2D eigenvalue weighted by molar-refractivity contribution is 0.244. The Morgan fingerprint density at radius 1 is 1.41 bits per heavy atom. The van der Waals surface area contributed by atoms with Crippen LogP contribution in [0.5, 0.6) is 0 Å². The molecule has 4 heteroatoms. The molecule has 0 bridgehead atoms. The summed E-state index contributed by atoms with van der Waals surface area (Å²) in [5.74, 6) is 0.700. The van der Waals surface area contributed by atoms with Crippen molar-refractivity contribution in [1.29, 1.82) is 0 Å². The summed E-state index contributed by atoms with van der Waals surface area (Å²) in [6, 6.07) is 6.08. The van der Waals surface area contributed by atoms with E-state index in [9.17, 15) is 0 Å². The number of aromatic nitrogens is 1. The molecule has 0 atom stereocenters. The smallest absolute Gasteiger partial charge is 0.192 e. The third-order valence-corrected chi connectivity index (χ3v) is 2.71. The van der Waals surface area contributed by atoms with Crippen molar-refractivity contribution < 1.29 is 9.52 Å². The van der Waals surface area contributed by atoms with Gasteiger partial charge in [-0.05, 0) is 31.2 Å². The number of hydrogen-bond donors (Lipinski definition) is 1. The highest BCUT2D eigenvalue weighted by Gasteiger charge is 2.05. The Labute approximate surface area is 101 Å². The lowest BCUT2D eigenvalue weighted by atomic mass is 10.2. The number of aryl methyl sites for hydroxylation is 1. The van der Waals surface area contributed by atoms with Crippen LogP contribution in [0.1, 0.15) is 17.9 Å². The molecule has 0 radical (unpaired) electrons. The first-order valence-corrected chi connectivity index (χ1v) is 5.84. The number of aliphatic hydroxyl groups is 1. The Balaban J connectivity index is 2.08. The summed E-state index contributed by atoms with van der Waals surface area (Å²) >= 11 is 0. The van der Waals surface area contributed by atoms with Crippen LogP contribution in [0.15, 0.2) is 22.6 Å². The highest BCUT2D eigenvalue weighted by atomic mass is 16.3. The van der Waals surface area contributed by atoms with Crippen molar-refractivity contribution in [2.45, 2.75) is 19.9 Å². The van der Waals surface area contributed by atoms with Crippen molar-refractivity contribution in [1.82, 2.24) is 9.88 Å². The van der Waals surface area contributed by atoms with Crippen molar-refractivity contribution in [3.63, 3.8) is 0 Å². The van der Waals surface area contributed by atoms with Gasteiger partial charge in [0.05, 0.1) is 0 Å². The zero-order chi connectivity index (χ0) is 12.3. The van der Waals surface area contributed by atoms with Crippen molar-refractivity contribution in [2.75, 3.05) is 20.2 Å². The Kier molecular flexibility index (Phi) is 3.76. The molecule has 1 heterocycles. The van der Waals surface area contributed by atoms with Crippen LogP contribution >= 0.6 is 0 Å². The maximum absolute atomic E-state index is 8.78. The van der Waals surface area contributed by atoms with E-state index in [4.69, 9.17) is 9.52 Å². The van der Waals surface area contributed by atoms with Crippen LogP contribution in [0.4, 0.5) is 0 Å². The Hall–Kier alpha value is -1.39. The zero-order valence-electron chi connectivity index (χ0n) is 10.3. The number of oxazole rings is 1. The number of hydrogen-bond acceptors (Lipinski definition) is 4. The van der Waals surface area contributed by atoms with Gasteiger partial charge in [0.1, 0.15) is 5.52 Å². The molecule has 4 nitrogen and oxygen atoms in total. The lowest BCUT2D eigenvalue weighted by Crippen LogP contribution is -2.19. The van der Waals surface area contributed by atoms with Gasteiger partial charge in [0.15, 0.2) is 11.5 Å². The third kappa shape index (κ3) is 3.05. The third-order valence-electron chi connectivity index (χ3n) is 2.71. The van der Waals surface area contributed by atoms with Gasteiger partial charge in [-0.15, -0.1) is 0 Å². The van der Waals surface area contributed by atoms with Crippen molar-refractivity contribution >= 4 is 11.1 Å². The summed E-state index contributed by atoms with van der Waals surface area (Å²) in [5, 5.41) is 8.78. The summed E-state index contributed by atoms with van der Waals surface area (Å²) in [4.78, 5) is 6.50. The van der Waals surface area contributed by atoms with Crippen LogP contribution in [0.3, 0.4) is 0 Å². The molecule has 92 valence electrons. The molecule has 0 amide bonds. The lowest BCUT2D eigenvalue weighted by Gasteiger charge is -2.15. The SMILES string of the molecule is Cc1nc2cc(CN(C)CCCO)ccc2o1. The normalized spacial score (nSPS) is 11.5. The molecule has 1 aromatic heterocycles. The topological polar surface area (TPSA) is 49.5 Å². The van der Waals surface area contributed by atoms with Crippen LogP contribution in [-0.4, -0.2) is 35.2 Å². The quantitative estimate of drug-likeness (QED) is 0.859. The molecule has 0 aliphatic heterocycles. The van der Waals surface area contributed by atoms with Gasteiger partial charge in [-0.2, -0.15) is 0 Å². The second-order valence-electron chi connectivity index (χ2n) is 4.35. The number of nitrogens with zero attached hydrogens (tertiary/aromatic N) is 2. The molecule has 0 saturated carbocycles. The molecular formula is C13H18N2O2. The Morgan fingerprint density at radius 3 is 3.00 bits per heavy atom. The van der Waals surface area contributed by atoms with Crippen LogP contribution in [-0.2, 0) is 6.54 Å². The minimum absolute atomic E-state index is 0.242. The molecular weight excluding hydrogens is 216 g/mol. The van der Waals surface area contributed by atoms with E-state index in [2.05, 4.69) is 22.0 Å². The minimum Gasteiger partial charge on any atom is -0.441 e. The van der Waals surface area contributed by atoms with E-state index < -0.39 is 0 Å². The number of fused-ring (bicyclic) bond motifs is 1. The Morgan fingerprint density at radius 2 is 2.24 bits per heavy atom. The Bertz CT molecular complexity index is 493. The molecule has 0 saturated heterocycles. The van der Waals surface area contributed by atoms with Gasteiger partial charge in [0, 0.05) is 26.6 Å². The fourth-order valence-corrected chi connectivity index (χ4v) is 1.92. The van der Waals surface area contributed by atoms with Gasteiger partial charge >= 0.3 is 0 Å².